The van der Waals surface area contributed by atoms with Gasteiger partial charge >= 0.3 is 0 Å². The Bertz CT molecular complexity index is 1320. The van der Waals surface area contributed by atoms with E-state index in [4.69, 9.17) is 4.99 Å². The van der Waals surface area contributed by atoms with Crippen molar-refractivity contribution in [1.29, 1.82) is 0 Å². The first-order chi connectivity index (χ1) is 16.3. The lowest BCUT2D eigenvalue weighted by Crippen LogP contribution is -2.30. The van der Waals surface area contributed by atoms with E-state index in [0.29, 0.717) is 5.84 Å². The second kappa shape index (κ2) is 9.38. The third kappa shape index (κ3) is 4.33. The smallest absolute Gasteiger partial charge is 0.241 e. The van der Waals surface area contributed by atoms with E-state index < -0.39 is 5.92 Å². The van der Waals surface area contributed by atoms with Crippen molar-refractivity contribution in [3.8, 4) is 11.8 Å². The van der Waals surface area contributed by atoms with Crippen LogP contribution < -0.4 is 4.90 Å². The van der Waals surface area contributed by atoms with Crippen molar-refractivity contribution < 1.29 is 4.79 Å². The van der Waals surface area contributed by atoms with Gasteiger partial charge in [0.15, 0.2) is 0 Å². The van der Waals surface area contributed by atoms with E-state index in [1.807, 2.05) is 121 Å². The van der Waals surface area contributed by atoms with Gasteiger partial charge in [-0.15, -0.1) is 0 Å². The van der Waals surface area contributed by atoms with E-state index in [0.717, 1.165) is 22.5 Å². The molecule has 0 aromatic heterocycles. The van der Waals surface area contributed by atoms with E-state index in [-0.39, 0.29) is 11.8 Å². The Labute approximate surface area is 194 Å². The lowest BCUT2D eigenvalue weighted by Gasteiger charge is -2.18. The van der Waals surface area contributed by atoms with Crippen LogP contribution in [0, 0.1) is 17.8 Å². The van der Waals surface area contributed by atoms with Gasteiger partial charge in [-0.2, -0.15) is 0 Å². The molecule has 1 aliphatic rings. The SMILES string of the molecule is O=C1C(c2ccccc2)C(C#Cc2ccccc2)C(=Nc2ccccc2)N1c1ccccc1. The summed E-state index contributed by atoms with van der Waals surface area (Å²) in [6.45, 7) is 0. The number of hydrogen-bond acceptors (Lipinski definition) is 2. The molecule has 1 aliphatic heterocycles. The summed E-state index contributed by atoms with van der Waals surface area (Å²) in [7, 11) is 0. The van der Waals surface area contributed by atoms with Crippen molar-refractivity contribution in [2.45, 2.75) is 5.92 Å². The summed E-state index contributed by atoms with van der Waals surface area (Å²) in [6, 6.07) is 39.1. The van der Waals surface area contributed by atoms with Crippen LogP contribution in [0.25, 0.3) is 0 Å². The largest absolute Gasteiger partial charge is 0.273 e. The van der Waals surface area contributed by atoms with Crippen molar-refractivity contribution in [2.24, 2.45) is 10.9 Å². The van der Waals surface area contributed by atoms with Gasteiger partial charge in [-0.3, -0.25) is 9.69 Å². The molecule has 158 valence electrons. The number of rotatable bonds is 3. The average Bonchev–Trinajstić information content (AvgIpc) is 3.15. The number of carbonyl (C=O) groups is 1. The highest BCUT2D eigenvalue weighted by Crippen LogP contribution is 2.39. The molecule has 1 amide bonds. The van der Waals surface area contributed by atoms with Gasteiger partial charge in [0.25, 0.3) is 0 Å². The highest BCUT2D eigenvalue weighted by molar-refractivity contribution is 6.27. The van der Waals surface area contributed by atoms with Crippen LogP contribution in [0.15, 0.2) is 126 Å². The Balaban J connectivity index is 1.70. The summed E-state index contributed by atoms with van der Waals surface area (Å²) >= 11 is 0. The molecule has 3 nitrogen and oxygen atoms in total. The van der Waals surface area contributed by atoms with Crippen molar-refractivity contribution in [3.05, 3.63) is 132 Å². The van der Waals surface area contributed by atoms with E-state index in [1.54, 1.807) is 4.90 Å². The van der Waals surface area contributed by atoms with E-state index in [1.165, 1.54) is 0 Å². The van der Waals surface area contributed by atoms with Gasteiger partial charge in [0.05, 0.1) is 23.2 Å². The summed E-state index contributed by atoms with van der Waals surface area (Å²) in [5.41, 5.74) is 3.44. The summed E-state index contributed by atoms with van der Waals surface area (Å²) < 4.78 is 0. The second-order valence-electron chi connectivity index (χ2n) is 7.82. The highest BCUT2D eigenvalue weighted by atomic mass is 16.2. The van der Waals surface area contributed by atoms with Crippen LogP contribution in [0.4, 0.5) is 11.4 Å². The molecule has 3 heteroatoms. The second-order valence-corrected chi connectivity index (χ2v) is 7.82. The molecule has 2 unspecified atom stereocenters. The maximum absolute atomic E-state index is 13.9. The van der Waals surface area contributed by atoms with Gasteiger partial charge < -0.3 is 0 Å². The minimum atomic E-state index is -0.440. The lowest BCUT2D eigenvalue weighted by atomic mass is 9.88. The van der Waals surface area contributed by atoms with Crippen LogP contribution in [-0.4, -0.2) is 11.7 Å². The van der Waals surface area contributed by atoms with Crippen LogP contribution in [-0.2, 0) is 4.79 Å². The van der Waals surface area contributed by atoms with Crippen LogP contribution in [0.3, 0.4) is 0 Å². The lowest BCUT2D eigenvalue weighted by molar-refractivity contribution is -0.118. The standard InChI is InChI=1S/C30H22N2O/c33-30-28(24-15-7-2-8-16-24)27(22-21-23-13-5-1-6-14-23)29(31-25-17-9-3-10-18-25)32(30)26-19-11-4-12-20-26/h1-20,27-28H. The fraction of sp³-hybridized carbons (Fsp3) is 0.0667. The van der Waals surface area contributed by atoms with Gasteiger partial charge in [-0.05, 0) is 42.0 Å². The minimum Gasteiger partial charge on any atom is -0.273 e. The van der Waals surface area contributed by atoms with Crippen LogP contribution in [0.2, 0.25) is 0 Å². The normalized spacial score (nSPS) is 18.7. The number of carbonyl (C=O) groups excluding carboxylic acids is 1. The number of benzene rings is 4. The molecule has 0 radical (unpaired) electrons. The van der Waals surface area contributed by atoms with Crippen molar-refractivity contribution in [2.75, 3.05) is 4.90 Å². The first kappa shape index (κ1) is 20.5. The Morgan fingerprint density at radius 2 is 1.21 bits per heavy atom. The predicted octanol–water partition coefficient (Wildman–Crippen LogP) is 6.22. The molecule has 5 rings (SSSR count). The van der Waals surface area contributed by atoms with Crippen molar-refractivity contribution >= 4 is 23.1 Å². The number of amides is 1. The molecule has 4 aromatic rings. The molecule has 1 fully saturated rings. The van der Waals surface area contributed by atoms with Gasteiger partial charge in [0.2, 0.25) is 5.91 Å². The maximum atomic E-state index is 13.9. The number of aliphatic imine (C=N–C) groups is 1. The summed E-state index contributed by atoms with van der Waals surface area (Å²) in [6.07, 6.45) is 0. The minimum absolute atomic E-state index is 0.0190. The maximum Gasteiger partial charge on any atom is 0.241 e. The van der Waals surface area contributed by atoms with E-state index in [2.05, 4.69) is 11.8 Å². The van der Waals surface area contributed by atoms with Gasteiger partial charge in [-0.1, -0.05) is 96.8 Å². The number of para-hydroxylation sites is 2. The molecule has 33 heavy (non-hydrogen) atoms. The zero-order valence-electron chi connectivity index (χ0n) is 18.0. The predicted molar refractivity (Wildman–Crippen MR) is 133 cm³/mol. The van der Waals surface area contributed by atoms with Crippen LogP contribution >= 0.6 is 0 Å². The molecular formula is C30H22N2O. The molecule has 4 aromatic carbocycles. The van der Waals surface area contributed by atoms with E-state index >= 15 is 0 Å². The Kier molecular flexibility index (Phi) is 5.82. The Hall–Kier alpha value is -4.42. The number of anilines is 1. The first-order valence-electron chi connectivity index (χ1n) is 11.0. The molecular weight excluding hydrogens is 404 g/mol. The van der Waals surface area contributed by atoms with Crippen molar-refractivity contribution in [3.63, 3.8) is 0 Å². The number of amidine groups is 1. The van der Waals surface area contributed by atoms with Gasteiger partial charge in [0, 0.05) is 5.56 Å². The third-order valence-corrected chi connectivity index (χ3v) is 5.65. The molecule has 1 saturated heterocycles. The zero-order valence-corrected chi connectivity index (χ0v) is 18.0. The summed E-state index contributed by atoms with van der Waals surface area (Å²) in [5.74, 6) is 6.49. The number of hydrogen-bond donors (Lipinski definition) is 0. The van der Waals surface area contributed by atoms with Crippen LogP contribution in [0.1, 0.15) is 17.0 Å². The quantitative estimate of drug-likeness (QED) is 0.358. The van der Waals surface area contributed by atoms with E-state index in [9.17, 15) is 4.79 Å². The fourth-order valence-electron chi connectivity index (χ4n) is 4.10. The average molecular weight is 427 g/mol. The fourth-order valence-corrected chi connectivity index (χ4v) is 4.10. The summed E-state index contributed by atoms with van der Waals surface area (Å²) in [4.78, 5) is 20.6. The third-order valence-electron chi connectivity index (χ3n) is 5.65. The number of nitrogens with zero attached hydrogens (tertiary/aromatic N) is 2. The molecule has 0 N–H and O–H groups in total. The molecule has 0 spiro atoms. The molecule has 0 aliphatic carbocycles. The monoisotopic (exact) mass is 426 g/mol. The molecule has 0 saturated carbocycles. The first-order valence-corrected chi connectivity index (χ1v) is 11.0. The highest BCUT2D eigenvalue weighted by Gasteiger charge is 2.46. The molecule has 0 bridgehead atoms. The van der Waals surface area contributed by atoms with Gasteiger partial charge in [-0.25, -0.2) is 4.99 Å². The molecule has 1 heterocycles. The summed E-state index contributed by atoms with van der Waals surface area (Å²) in [5, 5.41) is 0. The topological polar surface area (TPSA) is 32.7 Å². The zero-order chi connectivity index (χ0) is 22.5. The van der Waals surface area contributed by atoms with Crippen LogP contribution in [0.5, 0.6) is 0 Å². The Morgan fingerprint density at radius 3 is 1.85 bits per heavy atom. The molecule has 2 atom stereocenters. The van der Waals surface area contributed by atoms with Gasteiger partial charge in [0.1, 0.15) is 5.84 Å². The van der Waals surface area contributed by atoms with Crippen molar-refractivity contribution in [1.82, 2.24) is 0 Å². The Morgan fingerprint density at radius 1 is 0.667 bits per heavy atom.